The Morgan fingerprint density at radius 2 is 1.29 bits per heavy atom. The molecule has 0 heterocycles. The molecule has 24 heavy (non-hydrogen) atoms. The van der Waals surface area contributed by atoms with Crippen molar-refractivity contribution in [1.82, 2.24) is 20.0 Å². The van der Waals surface area contributed by atoms with Crippen molar-refractivity contribution < 1.29 is 9.90 Å². The molecule has 144 valence electrons. The first-order chi connectivity index (χ1) is 11.6. The zero-order valence-corrected chi connectivity index (χ0v) is 16.0. The predicted molar refractivity (Wildman–Crippen MR) is 101 cm³/mol. The second kappa shape index (κ2) is 15.8. The topological polar surface area (TPSA) is 85.1 Å². The Bertz CT molecular complexity index is 305. The molecule has 4 N–H and O–H groups in total. The highest BCUT2D eigenvalue weighted by Crippen LogP contribution is 1.95. The molecule has 0 aromatic carbocycles. The summed E-state index contributed by atoms with van der Waals surface area (Å²) in [6.45, 7) is 18.0. The van der Waals surface area contributed by atoms with Gasteiger partial charge in [0, 0.05) is 58.9 Å². The van der Waals surface area contributed by atoms with Crippen LogP contribution in [0.3, 0.4) is 0 Å². The number of rotatable bonds is 17. The van der Waals surface area contributed by atoms with Gasteiger partial charge >= 0.3 is 5.97 Å². The summed E-state index contributed by atoms with van der Waals surface area (Å²) >= 11 is 0. The molecule has 0 saturated carbocycles. The van der Waals surface area contributed by atoms with E-state index in [1.807, 2.05) is 0 Å². The Labute approximate surface area is 148 Å². The van der Waals surface area contributed by atoms with E-state index in [4.69, 9.17) is 10.8 Å². The van der Waals surface area contributed by atoms with Crippen LogP contribution in [-0.2, 0) is 4.79 Å². The molecule has 0 aromatic rings. The van der Waals surface area contributed by atoms with Crippen molar-refractivity contribution in [3.8, 4) is 0 Å². The lowest BCUT2D eigenvalue weighted by molar-refractivity contribution is -0.136. The van der Waals surface area contributed by atoms with Gasteiger partial charge in [-0.25, -0.2) is 0 Å². The molecule has 0 atom stereocenters. The van der Waals surface area contributed by atoms with Crippen molar-refractivity contribution in [2.75, 3.05) is 78.5 Å². The van der Waals surface area contributed by atoms with E-state index < -0.39 is 5.97 Å². The van der Waals surface area contributed by atoms with Crippen molar-refractivity contribution in [2.45, 2.75) is 27.2 Å². The summed E-state index contributed by atoms with van der Waals surface area (Å²) in [7, 11) is 0. The van der Waals surface area contributed by atoms with E-state index in [-0.39, 0.29) is 6.42 Å². The minimum absolute atomic E-state index is 0.187. The Morgan fingerprint density at radius 1 is 0.833 bits per heavy atom. The number of carbonyl (C=O) groups is 1. The van der Waals surface area contributed by atoms with Gasteiger partial charge in [-0.3, -0.25) is 4.79 Å². The zero-order chi connectivity index (χ0) is 18.2. The van der Waals surface area contributed by atoms with Crippen LogP contribution in [0.15, 0.2) is 0 Å². The molecule has 0 unspecified atom stereocenters. The minimum atomic E-state index is -0.746. The molecule has 0 aliphatic carbocycles. The van der Waals surface area contributed by atoms with Crippen LogP contribution in [0.5, 0.6) is 0 Å². The van der Waals surface area contributed by atoms with E-state index in [2.05, 4.69) is 40.8 Å². The molecule has 0 spiro atoms. The Morgan fingerprint density at radius 3 is 1.71 bits per heavy atom. The third kappa shape index (κ3) is 12.7. The highest BCUT2D eigenvalue weighted by molar-refractivity contribution is 5.66. The first kappa shape index (κ1) is 23.3. The van der Waals surface area contributed by atoms with Crippen molar-refractivity contribution in [3.63, 3.8) is 0 Å². The molecule has 0 aliphatic rings. The van der Waals surface area contributed by atoms with Crippen LogP contribution < -0.4 is 11.1 Å². The predicted octanol–water partition coefficient (Wildman–Crippen LogP) is -0.0249. The van der Waals surface area contributed by atoms with Gasteiger partial charge in [-0.05, 0) is 19.6 Å². The smallest absolute Gasteiger partial charge is 0.304 e. The van der Waals surface area contributed by atoms with E-state index in [0.29, 0.717) is 6.54 Å². The maximum atomic E-state index is 10.5. The van der Waals surface area contributed by atoms with E-state index in [0.717, 1.165) is 72.0 Å². The SMILES string of the molecule is CCN(CCN)CCN(CC)CCN(CC)CCNCCC(=O)O. The lowest BCUT2D eigenvalue weighted by Crippen LogP contribution is -2.42. The van der Waals surface area contributed by atoms with E-state index >= 15 is 0 Å². The molecule has 0 rings (SSSR count). The Hall–Kier alpha value is -0.730. The summed E-state index contributed by atoms with van der Waals surface area (Å²) in [5.41, 5.74) is 5.64. The van der Waals surface area contributed by atoms with Crippen molar-refractivity contribution in [3.05, 3.63) is 0 Å². The molecule has 0 bridgehead atoms. The summed E-state index contributed by atoms with van der Waals surface area (Å²) in [4.78, 5) is 17.8. The highest BCUT2D eigenvalue weighted by atomic mass is 16.4. The number of nitrogens with zero attached hydrogens (tertiary/aromatic N) is 3. The van der Waals surface area contributed by atoms with Gasteiger partial charge in [-0.15, -0.1) is 0 Å². The Kier molecular flexibility index (Phi) is 15.3. The molecule has 0 aliphatic heterocycles. The van der Waals surface area contributed by atoms with Crippen LogP contribution in [0.4, 0.5) is 0 Å². The number of carboxylic acids is 1. The number of nitrogens with one attached hydrogen (secondary N) is 1. The third-order valence-corrected chi connectivity index (χ3v) is 4.37. The lowest BCUT2D eigenvalue weighted by atomic mass is 10.3. The molecule has 7 nitrogen and oxygen atoms in total. The molecule has 7 heteroatoms. The van der Waals surface area contributed by atoms with Crippen LogP contribution in [-0.4, -0.2) is 104 Å². The second-order valence-electron chi connectivity index (χ2n) is 5.99. The van der Waals surface area contributed by atoms with Gasteiger partial charge < -0.3 is 30.9 Å². The molecule has 0 fully saturated rings. The van der Waals surface area contributed by atoms with E-state index in [1.54, 1.807) is 0 Å². The molecule has 0 radical (unpaired) electrons. The van der Waals surface area contributed by atoms with Crippen molar-refractivity contribution >= 4 is 5.97 Å². The molecular formula is C17H39N5O2. The minimum Gasteiger partial charge on any atom is -0.481 e. The van der Waals surface area contributed by atoms with Crippen LogP contribution >= 0.6 is 0 Å². The van der Waals surface area contributed by atoms with Gasteiger partial charge in [0.25, 0.3) is 0 Å². The fourth-order valence-corrected chi connectivity index (χ4v) is 2.59. The van der Waals surface area contributed by atoms with Crippen LogP contribution in [0.1, 0.15) is 27.2 Å². The maximum Gasteiger partial charge on any atom is 0.304 e. The van der Waals surface area contributed by atoms with Crippen LogP contribution in [0.25, 0.3) is 0 Å². The normalized spacial score (nSPS) is 11.8. The van der Waals surface area contributed by atoms with Gasteiger partial charge in [0.2, 0.25) is 0 Å². The summed E-state index contributed by atoms with van der Waals surface area (Å²) in [5.74, 6) is -0.746. The van der Waals surface area contributed by atoms with E-state index in [1.165, 1.54) is 0 Å². The summed E-state index contributed by atoms with van der Waals surface area (Å²) in [6.07, 6.45) is 0.187. The number of likely N-dealkylation sites (N-methyl/N-ethyl adjacent to an activating group) is 3. The molecule has 0 amide bonds. The monoisotopic (exact) mass is 345 g/mol. The lowest BCUT2D eigenvalue weighted by Gasteiger charge is -2.28. The number of hydrogen-bond acceptors (Lipinski definition) is 6. The first-order valence-electron chi connectivity index (χ1n) is 9.36. The van der Waals surface area contributed by atoms with Crippen LogP contribution in [0.2, 0.25) is 0 Å². The first-order valence-corrected chi connectivity index (χ1v) is 9.36. The van der Waals surface area contributed by atoms with Gasteiger partial charge in [0.05, 0.1) is 6.42 Å². The Balaban J connectivity index is 3.94. The van der Waals surface area contributed by atoms with Gasteiger partial charge in [-0.2, -0.15) is 0 Å². The molecule has 0 saturated heterocycles. The standard InChI is InChI=1S/C17H39N5O2/c1-4-20(11-8-18)13-15-22(6-3)16-14-21(5-2)12-10-19-9-7-17(23)24/h19H,4-16,18H2,1-3H3,(H,23,24). The zero-order valence-electron chi connectivity index (χ0n) is 16.0. The number of aliphatic carboxylic acids is 1. The van der Waals surface area contributed by atoms with Crippen molar-refractivity contribution in [1.29, 1.82) is 0 Å². The number of hydrogen-bond donors (Lipinski definition) is 3. The molecule has 0 aromatic heterocycles. The largest absolute Gasteiger partial charge is 0.481 e. The number of nitrogens with two attached hydrogens (primary N) is 1. The fourth-order valence-electron chi connectivity index (χ4n) is 2.59. The molecular weight excluding hydrogens is 306 g/mol. The summed E-state index contributed by atoms with van der Waals surface area (Å²) < 4.78 is 0. The van der Waals surface area contributed by atoms with Crippen LogP contribution in [0, 0.1) is 0 Å². The maximum absolute atomic E-state index is 10.5. The average molecular weight is 346 g/mol. The quantitative estimate of drug-likeness (QED) is 0.319. The van der Waals surface area contributed by atoms with Gasteiger partial charge in [0.15, 0.2) is 0 Å². The van der Waals surface area contributed by atoms with Gasteiger partial charge in [0.1, 0.15) is 0 Å². The summed E-state index contributed by atoms with van der Waals surface area (Å²) in [5, 5.41) is 11.8. The van der Waals surface area contributed by atoms with Crippen molar-refractivity contribution in [2.24, 2.45) is 5.73 Å². The van der Waals surface area contributed by atoms with E-state index in [9.17, 15) is 4.79 Å². The fraction of sp³-hybridized carbons (Fsp3) is 0.941. The second-order valence-corrected chi connectivity index (χ2v) is 5.99. The highest BCUT2D eigenvalue weighted by Gasteiger charge is 2.09. The number of carboxylic acid groups (broad SMARTS) is 1. The summed E-state index contributed by atoms with van der Waals surface area (Å²) in [6, 6.07) is 0. The average Bonchev–Trinajstić information content (AvgIpc) is 2.58. The van der Waals surface area contributed by atoms with Gasteiger partial charge in [-0.1, -0.05) is 20.8 Å². The third-order valence-electron chi connectivity index (χ3n) is 4.37.